The summed E-state index contributed by atoms with van der Waals surface area (Å²) in [4.78, 5) is 31.1. The third kappa shape index (κ3) is 3.25. The molecule has 4 aromatic rings. The van der Waals surface area contributed by atoms with Crippen LogP contribution in [0.5, 0.6) is 0 Å². The number of aryl methyl sites for hydroxylation is 1. The van der Waals surface area contributed by atoms with Gasteiger partial charge in [0.25, 0.3) is 5.56 Å². The van der Waals surface area contributed by atoms with Crippen LogP contribution in [0, 0.1) is 0 Å². The fraction of sp³-hybridized carbons (Fsp3) is 0.320. The van der Waals surface area contributed by atoms with E-state index >= 15 is 0 Å². The summed E-state index contributed by atoms with van der Waals surface area (Å²) in [6.45, 7) is 4.94. The smallest absolute Gasteiger partial charge is 0.291 e. The molecular formula is C25H27N5O2. The zero-order valence-corrected chi connectivity index (χ0v) is 18.4. The molecule has 1 atom stereocenters. The third-order valence-electron chi connectivity index (χ3n) is 6.50. The normalized spacial score (nSPS) is 15.4. The number of hydrogen-bond donors (Lipinski definition) is 0. The Labute approximate surface area is 186 Å². The van der Waals surface area contributed by atoms with Crippen molar-refractivity contribution in [3.05, 3.63) is 71.1 Å². The maximum Gasteiger partial charge on any atom is 0.291 e. The van der Waals surface area contributed by atoms with Crippen LogP contribution in [-0.2, 0) is 11.8 Å². The van der Waals surface area contributed by atoms with E-state index in [1.165, 1.54) is 10.4 Å². The zero-order valence-electron chi connectivity index (χ0n) is 18.4. The number of benzene rings is 2. The zero-order chi connectivity index (χ0) is 22.2. The summed E-state index contributed by atoms with van der Waals surface area (Å²) in [5, 5.41) is 5.96. The van der Waals surface area contributed by atoms with E-state index in [-0.39, 0.29) is 11.5 Å². The van der Waals surface area contributed by atoms with Gasteiger partial charge in [-0.2, -0.15) is 5.10 Å². The Morgan fingerprint density at radius 3 is 2.38 bits per heavy atom. The lowest BCUT2D eigenvalue weighted by atomic mass is 10.1. The van der Waals surface area contributed by atoms with Crippen LogP contribution in [0.1, 0.15) is 19.4 Å². The van der Waals surface area contributed by atoms with E-state index in [4.69, 9.17) is 0 Å². The predicted molar refractivity (Wildman–Crippen MR) is 127 cm³/mol. The summed E-state index contributed by atoms with van der Waals surface area (Å²) in [7, 11) is 1.65. The highest BCUT2D eigenvalue weighted by Crippen LogP contribution is 2.32. The molecule has 7 heteroatoms. The van der Waals surface area contributed by atoms with E-state index in [0.29, 0.717) is 25.0 Å². The largest absolute Gasteiger partial charge is 0.368 e. The minimum atomic E-state index is -0.434. The molecule has 0 radical (unpaired) electrons. The molecule has 0 spiro atoms. The lowest BCUT2D eigenvalue weighted by Crippen LogP contribution is -2.50. The number of carbonyl (C=O) groups excluding carboxylic acids is 1. The quantitative estimate of drug-likeness (QED) is 0.500. The standard InChI is InChI=1S/C25H27N5O2/c1-3-21(24(31)29-15-13-28(14-16-29)18-9-5-4-6-10-18)30-22-12-8-7-11-19(22)20-17-26-27(2)25(32)23(20)30/h4-12,17,21H,3,13-16H2,1-2H3/t21-/m1/s1. The predicted octanol–water partition coefficient (Wildman–Crippen LogP) is 3.19. The molecule has 0 N–H and O–H groups in total. The lowest BCUT2D eigenvalue weighted by Gasteiger charge is -2.37. The van der Waals surface area contributed by atoms with Gasteiger partial charge in [-0.3, -0.25) is 9.59 Å². The molecule has 32 heavy (non-hydrogen) atoms. The summed E-state index contributed by atoms with van der Waals surface area (Å²) in [6.07, 6.45) is 2.34. The molecule has 3 heterocycles. The van der Waals surface area contributed by atoms with Crippen molar-refractivity contribution in [2.45, 2.75) is 19.4 Å². The Hall–Kier alpha value is -3.61. The summed E-state index contributed by atoms with van der Waals surface area (Å²) < 4.78 is 3.29. The highest BCUT2D eigenvalue weighted by molar-refractivity contribution is 6.08. The van der Waals surface area contributed by atoms with Crippen molar-refractivity contribution in [1.29, 1.82) is 0 Å². The second-order valence-electron chi connectivity index (χ2n) is 8.29. The Morgan fingerprint density at radius 2 is 1.66 bits per heavy atom. The number of para-hydroxylation sites is 2. The highest BCUT2D eigenvalue weighted by Gasteiger charge is 2.30. The summed E-state index contributed by atoms with van der Waals surface area (Å²) in [5.41, 5.74) is 2.45. The van der Waals surface area contributed by atoms with Gasteiger partial charge in [-0.05, 0) is 24.6 Å². The van der Waals surface area contributed by atoms with Crippen molar-refractivity contribution in [3.63, 3.8) is 0 Å². The molecular weight excluding hydrogens is 402 g/mol. The van der Waals surface area contributed by atoms with Crippen molar-refractivity contribution < 1.29 is 4.79 Å². The van der Waals surface area contributed by atoms with Crippen LogP contribution in [0.4, 0.5) is 5.69 Å². The molecule has 5 rings (SSSR count). The number of carbonyl (C=O) groups is 1. The van der Waals surface area contributed by atoms with Crippen LogP contribution in [0.3, 0.4) is 0 Å². The summed E-state index contributed by atoms with van der Waals surface area (Å²) >= 11 is 0. The lowest BCUT2D eigenvalue weighted by molar-refractivity contribution is -0.135. The molecule has 1 amide bonds. The first-order valence-electron chi connectivity index (χ1n) is 11.1. The SMILES string of the molecule is CC[C@H](C(=O)N1CCN(c2ccccc2)CC1)n1c2ccccc2c2cnn(C)c(=O)c21. The van der Waals surface area contributed by atoms with Gasteiger partial charge < -0.3 is 14.4 Å². The van der Waals surface area contributed by atoms with Gasteiger partial charge in [0.1, 0.15) is 11.6 Å². The van der Waals surface area contributed by atoms with Crippen LogP contribution in [0.15, 0.2) is 65.6 Å². The number of fused-ring (bicyclic) bond motifs is 3. The molecule has 1 aliphatic heterocycles. The van der Waals surface area contributed by atoms with Gasteiger partial charge in [0.15, 0.2) is 0 Å². The van der Waals surface area contributed by atoms with E-state index in [1.807, 2.05) is 58.9 Å². The molecule has 0 bridgehead atoms. The van der Waals surface area contributed by atoms with Crippen LogP contribution in [-0.4, -0.2) is 51.3 Å². The van der Waals surface area contributed by atoms with Crippen LogP contribution in [0.25, 0.3) is 21.8 Å². The molecule has 2 aromatic heterocycles. The van der Waals surface area contributed by atoms with Crippen molar-refractivity contribution in [2.24, 2.45) is 7.05 Å². The van der Waals surface area contributed by atoms with Crippen molar-refractivity contribution >= 4 is 33.4 Å². The van der Waals surface area contributed by atoms with E-state index in [9.17, 15) is 9.59 Å². The third-order valence-corrected chi connectivity index (χ3v) is 6.50. The van der Waals surface area contributed by atoms with Crippen molar-refractivity contribution in [1.82, 2.24) is 19.2 Å². The fourth-order valence-electron chi connectivity index (χ4n) is 4.81. The first-order chi connectivity index (χ1) is 15.6. The summed E-state index contributed by atoms with van der Waals surface area (Å²) in [5.74, 6) is 0.0710. The average molecular weight is 430 g/mol. The maximum atomic E-state index is 13.7. The van der Waals surface area contributed by atoms with Crippen LogP contribution < -0.4 is 10.5 Å². The topological polar surface area (TPSA) is 63.4 Å². The average Bonchev–Trinajstić information content (AvgIpc) is 3.17. The molecule has 1 aliphatic rings. The Morgan fingerprint density at radius 1 is 0.969 bits per heavy atom. The Balaban J connectivity index is 1.51. The molecule has 1 saturated heterocycles. The molecule has 0 saturated carbocycles. The molecule has 1 fully saturated rings. The van der Waals surface area contributed by atoms with Crippen molar-refractivity contribution in [2.75, 3.05) is 31.1 Å². The number of nitrogens with zero attached hydrogens (tertiary/aromatic N) is 5. The molecule has 164 valence electrons. The van der Waals surface area contributed by atoms with E-state index in [2.05, 4.69) is 22.1 Å². The maximum absolute atomic E-state index is 13.7. The number of aromatic nitrogens is 3. The number of hydrogen-bond acceptors (Lipinski definition) is 4. The minimum absolute atomic E-state index is 0.0710. The Kier molecular flexibility index (Phi) is 5.17. The number of amides is 1. The molecule has 0 aliphatic carbocycles. The minimum Gasteiger partial charge on any atom is -0.368 e. The second-order valence-corrected chi connectivity index (χ2v) is 8.29. The van der Waals surface area contributed by atoms with Crippen LogP contribution >= 0.6 is 0 Å². The first kappa shape index (κ1) is 20.3. The molecule has 0 unspecified atom stereocenters. The number of anilines is 1. The van der Waals surface area contributed by atoms with Gasteiger partial charge in [-0.1, -0.05) is 43.3 Å². The fourth-order valence-corrected chi connectivity index (χ4v) is 4.81. The van der Waals surface area contributed by atoms with Crippen molar-refractivity contribution in [3.8, 4) is 0 Å². The highest BCUT2D eigenvalue weighted by atomic mass is 16.2. The van der Waals surface area contributed by atoms with Gasteiger partial charge in [-0.25, -0.2) is 4.68 Å². The second kappa shape index (κ2) is 8.15. The number of rotatable bonds is 4. The monoisotopic (exact) mass is 429 g/mol. The van der Waals surface area contributed by atoms with E-state index in [1.54, 1.807) is 13.2 Å². The first-order valence-corrected chi connectivity index (χ1v) is 11.1. The van der Waals surface area contributed by atoms with E-state index < -0.39 is 6.04 Å². The molecule has 2 aromatic carbocycles. The van der Waals surface area contributed by atoms with Gasteiger partial charge in [-0.15, -0.1) is 0 Å². The van der Waals surface area contributed by atoms with Gasteiger partial charge >= 0.3 is 0 Å². The van der Waals surface area contributed by atoms with Gasteiger partial charge in [0, 0.05) is 49.7 Å². The molecule has 7 nitrogen and oxygen atoms in total. The van der Waals surface area contributed by atoms with Crippen LogP contribution in [0.2, 0.25) is 0 Å². The van der Waals surface area contributed by atoms with E-state index in [0.717, 1.165) is 29.4 Å². The van der Waals surface area contributed by atoms with Gasteiger partial charge in [0.05, 0.1) is 11.7 Å². The van der Waals surface area contributed by atoms with Gasteiger partial charge in [0.2, 0.25) is 5.91 Å². The number of piperazine rings is 1. The summed E-state index contributed by atoms with van der Waals surface area (Å²) in [6, 6.07) is 17.7. The Bertz CT molecular complexity index is 1330.